The number of aryl methyl sites for hydroxylation is 1. The number of hydrogen-bond donors (Lipinski definition) is 1. The lowest BCUT2D eigenvalue weighted by Crippen LogP contribution is -1.88. The number of aliphatic hydroxyl groups excluding tert-OH is 1. The highest BCUT2D eigenvalue weighted by atomic mass is 16.5. The summed E-state index contributed by atoms with van der Waals surface area (Å²) < 4.78 is 10.2. The number of rotatable bonds is 5. The number of nitrogens with zero attached hydrogens (tertiary/aromatic N) is 2. The lowest BCUT2D eigenvalue weighted by atomic mass is 10.2. The van der Waals surface area contributed by atoms with Crippen LogP contribution >= 0.6 is 0 Å². The Bertz CT molecular complexity index is 394. The molecular weight excluding hydrogens is 196 g/mol. The number of unbranched alkanes of at least 4 members (excludes halogenated alkanes) is 1. The van der Waals surface area contributed by atoms with Crippen LogP contribution in [0.25, 0.3) is 11.6 Å². The van der Waals surface area contributed by atoms with Gasteiger partial charge in [0.1, 0.15) is 0 Å². The van der Waals surface area contributed by atoms with Crippen molar-refractivity contribution in [3.05, 3.63) is 24.3 Å². The molecule has 2 rings (SSSR count). The average molecular weight is 208 g/mol. The van der Waals surface area contributed by atoms with Gasteiger partial charge in [-0.2, -0.15) is 4.98 Å². The molecule has 15 heavy (non-hydrogen) atoms. The maximum Gasteiger partial charge on any atom is 0.238 e. The molecule has 0 aliphatic rings. The SMILES string of the molecule is OCCCCc1nc(-c2ccco2)no1. The van der Waals surface area contributed by atoms with E-state index in [0.717, 1.165) is 12.8 Å². The minimum absolute atomic E-state index is 0.194. The maximum atomic E-state index is 8.62. The van der Waals surface area contributed by atoms with E-state index in [-0.39, 0.29) is 6.61 Å². The van der Waals surface area contributed by atoms with Gasteiger partial charge in [0.25, 0.3) is 0 Å². The molecule has 5 nitrogen and oxygen atoms in total. The minimum Gasteiger partial charge on any atom is -0.461 e. The third-order valence-electron chi connectivity index (χ3n) is 2.01. The van der Waals surface area contributed by atoms with Crippen LogP contribution in [0, 0.1) is 0 Å². The fourth-order valence-electron chi connectivity index (χ4n) is 1.25. The number of aliphatic hydroxyl groups is 1. The summed E-state index contributed by atoms with van der Waals surface area (Å²) in [6.45, 7) is 0.194. The van der Waals surface area contributed by atoms with E-state index in [1.54, 1.807) is 18.4 Å². The van der Waals surface area contributed by atoms with Crippen LogP contribution in [0.15, 0.2) is 27.3 Å². The number of aromatic nitrogens is 2. The monoisotopic (exact) mass is 208 g/mol. The van der Waals surface area contributed by atoms with Gasteiger partial charge in [0, 0.05) is 13.0 Å². The molecule has 1 N–H and O–H groups in total. The van der Waals surface area contributed by atoms with E-state index in [1.165, 1.54) is 0 Å². The molecule has 0 aromatic carbocycles. The van der Waals surface area contributed by atoms with Gasteiger partial charge in [-0.3, -0.25) is 0 Å². The van der Waals surface area contributed by atoms with Crippen molar-refractivity contribution in [2.45, 2.75) is 19.3 Å². The Morgan fingerprint density at radius 2 is 2.27 bits per heavy atom. The van der Waals surface area contributed by atoms with E-state index < -0.39 is 0 Å². The summed E-state index contributed by atoms with van der Waals surface area (Å²) in [5, 5.41) is 12.4. The number of hydrogen-bond acceptors (Lipinski definition) is 5. The maximum absolute atomic E-state index is 8.62. The second kappa shape index (κ2) is 4.75. The summed E-state index contributed by atoms with van der Waals surface area (Å²) in [6, 6.07) is 3.56. The van der Waals surface area contributed by atoms with Gasteiger partial charge < -0.3 is 14.0 Å². The first-order chi connectivity index (χ1) is 7.40. The Labute approximate surface area is 86.7 Å². The van der Waals surface area contributed by atoms with E-state index in [1.807, 2.05) is 0 Å². The highest BCUT2D eigenvalue weighted by Gasteiger charge is 2.09. The molecule has 0 atom stereocenters. The molecule has 5 heteroatoms. The quantitative estimate of drug-likeness (QED) is 0.756. The van der Waals surface area contributed by atoms with Gasteiger partial charge in [0.05, 0.1) is 6.26 Å². The molecule has 0 radical (unpaired) electrons. The van der Waals surface area contributed by atoms with Gasteiger partial charge in [-0.05, 0) is 25.0 Å². The van der Waals surface area contributed by atoms with E-state index in [2.05, 4.69) is 10.1 Å². The number of furan rings is 1. The van der Waals surface area contributed by atoms with Crippen molar-refractivity contribution in [2.75, 3.05) is 6.61 Å². The molecule has 2 aromatic heterocycles. The van der Waals surface area contributed by atoms with Crippen LogP contribution in [0.4, 0.5) is 0 Å². The second-order valence-electron chi connectivity index (χ2n) is 3.17. The summed E-state index contributed by atoms with van der Waals surface area (Å²) in [4.78, 5) is 4.17. The van der Waals surface area contributed by atoms with E-state index in [9.17, 15) is 0 Å². The van der Waals surface area contributed by atoms with Gasteiger partial charge in [0.15, 0.2) is 5.76 Å². The topological polar surface area (TPSA) is 72.3 Å². The normalized spacial score (nSPS) is 10.7. The fourth-order valence-corrected chi connectivity index (χ4v) is 1.25. The molecule has 0 aliphatic heterocycles. The van der Waals surface area contributed by atoms with Gasteiger partial charge in [0.2, 0.25) is 11.7 Å². The molecule has 0 spiro atoms. The fraction of sp³-hybridized carbons (Fsp3) is 0.400. The molecule has 80 valence electrons. The van der Waals surface area contributed by atoms with Gasteiger partial charge in [-0.15, -0.1) is 0 Å². The molecule has 0 saturated carbocycles. The zero-order chi connectivity index (χ0) is 10.5. The zero-order valence-corrected chi connectivity index (χ0v) is 8.22. The van der Waals surface area contributed by atoms with Gasteiger partial charge in [-0.25, -0.2) is 0 Å². The minimum atomic E-state index is 0.194. The largest absolute Gasteiger partial charge is 0.461 e. The van der Waals surface area contributed by atoms with Crippen LogP contribution in [0.2, 0.25) is 0 Å². The van der Waals surface area contributed by atoms with Crippen molar-refractivity contribution in [1.82, 2.24) is 10.1 Å². The third-order valence-corrected chi connectivity index (χ3v) is 2.01. The lowest BCUT2D eigenvalue weighted by Gasteiger charge is -1.90. The van der Waals surface area contributed by atoms with Crippen LogP contribution in [-0.2, 0) is 6.42 Å². The Morgan fingerprint density at radius 1 is 1.33 bits per heavy atom. The Balaban J connectivity index is 1.98. The predicted octanol–water partition coefficient (Wildman–Crippen LogP) is 1.64. The molecule has 2 aromatic rings. The molecule has 0 aliphatic carbocycles. The summed E-state index contributed by atoms with van der Waals surface area (Å²) >= 11 is 0. The van der Waals surface area contributed by atoms with Crippen LogP contribution in [0.5, 0.6) is 0 Å². The predicted molar refractivity (Wildman–Crippen MR) is 52.0 cm³/mol. The van der Waals surface area contributed by atoms with Crippen molar-refractivity contribution in [3.63, 3.8) is 0 Å². The lowest BCUT2D eigenvalue weighted by molar-refractivity contribution is 0.281. The van der Waals surface area contributed by atoms with Crippen molar-refractivity contribution in [3.8, 4) is 11.6 Å². The van der Waals surface area contributed by atoms with Crippen LogP contribution < -0.4 is 0 Å². The first-order valence-electron chi connectivity index (χ1n) is 4.87. The second-order valence-corrected chi connectivity index (χ2v) is 3.17. The highest BCUT2D eigenvalue weighted by Crippen LogP contribution is 2.16. The van der Waals surface area contributed by atoms with E-state index >= 15 is 0 Å². The van der Waals surface area contributed by atoms with Crippen LogP contribution in [-0.4, -0.2) is 21.9 Å². The van der Waals surface area contributed by atoms with Crippen molar-refractivity contribution in [1.29, 1.82) is 0 Å². The van der Waals surface area contributed by atoms with E-state index in [0.29, 0.717) is 23.9 Å². The molecule has 0 bridgehead atoms. The smallest absolute Gasteiger partial charge is 0.238 e. The molecule has 2 heterocycles. The molecule has 0 unspecified atom stereocenters. The van der Waals surface area contributed by atoms with Crippen molar-refractivity contribution in [2.24, 2.45) is 0 Å². The summed E-state index contributed by atoms with van der Waals surface area (Å²) in [5.41, 5.74) is 0. The van der Waals surface area contributed by atoms with E-state index in [4.69, 9.17) is 14.0 Å². The summed E-state index contributed by atoms with van der Waals surface area (Å²) in [7, 11) is 0. The average Bonchev–Trinajstić information content (AvgIpc) is 2.87. The van der Waals surface area contributed by atoms with Gasteiger partial charge >= 0.3 is 0 Å². The standard InChI is InChI=1S/C10H12N2O3/c13-6-2-1-5-9-11-10(12-15-9)8-4-3-7-14-8/h3-4,7,13H,1-2,5-6H2. The van der Waals surface area contributed by atoms with Gasteiger partial charge in [-0.1, -0.05) is 5.16 Å². The van der Waals surface area contributed by atoms with Crippen LogP contribution in [0.3, 0.4) is 0 Å². The third kappa shape index (κ3) is 2.44. The van der Waals surface area contributed by atoms with Crippen molar-refractivity contribution < 1.29 is 14.0 Å². The highest BCUT2D eigenvalue weighted by molar-refractivity contribution is 5.44. The summed E-state index contributed by atoms with van der Waals surface area (Å²) in [6.07, 6.45) is 3.85. The Kier molecular flexibility index (Phi) is 3.14. The first-order valence-corrected chi connectivity index (χ1v) is 4.87. The van der Waals surface area contributed by atoms with Crippen LogP contribution in [0.1, 0.15) is 18.7 Å². The first kappa shape index (κ1) is 9.92. The Morgan fingerprint density at radius 3 is 3.00 bits per heavy atom. The summed E-state index contributed by atoms with van der Waals surface area (Å²) in [5.74, 6) is 1.65. The molecular formula is C10H12N2O3. The van der Waals surface area contributed by atoms with Crippen molar-refractivity contribution >= 4 is 0 Å². The Hall–Kier alpha value is -1.62. The molecule has 0 amide bonds. The molecule has 0 saturated heterocycles. The molecule has 0 fully saturated rings. The zero-order valence-electron chi connectivity index (χ0n) is 8.22.